The molecule has 0 aliphatic rings. The molecule has 0 radical (unpaired) electrons. The molecule has 0 unspecified atom stereocenters. The van der Waals surface area contributed by atoms with Gasteiger partial charge in [-0.2, -0.15) is 0 Å². The highest BCUT2D eigenvalue weighted by Crippen LogP contribution is 2.19. The van der Waals surface area contributed by atoms with E-state index in [2.05, 4.69) is 72.5 Å². The van der Waals surface area contributed by atoms with Gasteiger partial charge >= 0.3 is 0 Å². The summed E-state index contributed by atoms with van der Waals surface area (Å²) < 4.78 is 0. The second-order valence-corrected chi connectivity index (χ2v) is 5.70. The first-order valence-electron chi connectivity index (χ1n) is 7.45. The summed E-state index contributed by atoms with van der Waals surface area (Å²) >= 11 is 0. The fourth-order valence-electron chi connectivity index (χ4n) is 2.53. The third kappa shape index (κ3) is 3.01. The Kier molecular flexibility index (Phi) is 3.92. The Balaban J connectivity index is 1.89. The van der Waals surface area contributed by atoms with Crippen LogP contribution >= 0.6 is 0 Å². The van der Waals surface area contributed by atoms with Crippen molar-refractivity contribution in [2.75, 3.05) is 19.0 Å². The zero-order chi connectivity index (χ0) is 15.5. The maximum absolute atomic E-state index is 4.70. The Morgan fingerprint density at radius 2 is 1.64 bits per heavy atom. The Labute approximate surface area is 131 Å². The number of benzene rings is 2. The molecule has 2 aromatic carbocycles. The van der Waals surface area contributed by atoms with Gasteiger partial charge in [0.2, 0.25) is 0 Å². The Hall–Kier alpha value is -2.61. The number of aryl methyl sites for hydroxylation is 1. The Bertz CT molecular complexity index is 815. The van der Waals surface area contributed by atoms with Gasteiger partial charge in [-0.05, 0) is 48.4 Å². The van der Waals surface area contributed by atoms with Crippen molar-refractivity contribution in [1.29, 1.82) is 0 Å². The largest absolute Gasteiger partial charge is 0.378 e. The van der Waals surface area contributed by atoms with Crippen molar-refractivity contribution >= 4 is 28.7 Å². The van der Waals surface area contributed by atoms with Crippen LogP contribution < -0.4 is 4.90 Å². The molecule has 0 saturated heterocycles. The summed E-state index contributed by atoms with van der Waals surface area (Å²) in [5.74, 6) is 0. The molecule has 3 aromatic rings. The normalized spacial score (nSPS) is 11.2. The molecule has 0 atom stereocenters. The molecule has 22 heavy (non-hydrogen) atoms. The number of rotatable bonds is 3. The van der Waals surface area contributed by atoms with Crippen LogP contribution in [-0.4, -0.2) is 19.1 Å². The molecule has 1 aromatic heterocycles. The molecule has 0 bridgehead atoms. The lowest BCUT2D eigenvalue weighted by atomic mass is 10.1. The maximum Gasteiger partial charge on any atom is 0.0711 e. The van der Waals surface area contributed by atoms with Gasteiger partial charge in [-0.15, -0.1) is 0 Å². The third-order valence-corrected chi connectivity index (χ3v) is 3.80. The minimum atomic E-state index is 0.993. The number of nitrogens with zero attached hydrogens (tertiary/aromatic N) is 2. The first-order valence-corrected chi connectivity index (χ1v) is 7.45. The summed E-state index contributed by atoms with van der Waals surface area (Å²) in [4.78, 5) is 6.80. The quantitative estimate of drug-likeness (QED) is 0.689. The second kappa shape index (κ2) is 6.02. The van der Waals surface area contributed by atoms with Crippen LogP contribution in [0.25, 0.3) is 23.1 Å². The van der Waals surface area contributed by atoms with Crippen LogP contribution in [0.4, 0.5) is 5.69 Å². The van der Waals surface area contributed by atoms with Gasteiger partial charge in [0, 0.05) is 25.2 Å². The van der Waals surface area contributed by atoms with Crippen molar-refractivity contribution in [3.8, 4) is 0 Å². The van der Waals surface area contributed by atoms with E-state index in [1.54, 1.807) is 0 Å². The van der Waals surface area contributed by atoms with Crippen LogP contribution in [0.3, 0.4) is 0 Å². The van der Waals surface area contributed by atoms with E-state index in [0.29, 0.717) is 0 Å². The second-order valence-electron chi connectivity index (χ2n) is 5.70. The molecule has 0 N–H and O–H groups in total. The highest BCUT2D eigenvalue weighted by atomic mass is 15.1. The molecule has 2 nitrogen and oxygen atoms in total. The number of anilines is 1. The summed E-state index contributed by atoms with van der Waals surface area (Å²) in [6.45, 7) is 2.13. The minimum Gasteiger partial charge on any atom is -0.378 e. The zero-order valence-corrected chi connectivity index (χ0v) is 13.2. The lowest BCUT2D eigenvalue weighted by Gasteiger charge is -2.11. The zero-order valence-electron chi connectivity index (χ0n) is 13.2. The van der Waals surface area contributed by atoms with Crippen molar-refractivity contribution in [2.24, 2.45) is 0 Å². The summed E-state index contributed by atoms with van der Waals surface area (Å²) in [7, 11) is 4.10. The van der Waals surface area contributed by atoms with Gasteiger partial charge in [0.05, 0.1) is 11.2 Å². The topological polar surface area (TPSA) is 16.1 Å². The molecule has 3 rings (SSSR count). The predicted molar refractivity (Wildman–Crippen MR) is 96.2 cm³/mol. The van der Waals surface area contributed by atoms with Crippen molar-refractivity contribution in [3.05, 3.63) is 71.4 Å². The first-order chi connectivity index (χ1) is 10.6. The Morgan fingerprint density at radius 3 is 2.36 bits per heavy atom. The number of para-hydroxylation sites is 1. The van der Waals surface area contributed by atoms with E-state index in [1.165, 1.54) is 22.2 Å². The highest BCUT2D eigenvalue weighted by Gasteiger charge is 2.00. The van der Waals surface area contributed by atoms with Crippen LogP contribution in [0.5, 0.6) is 0 Å². The van der Waals surface area contributed by atoms with Gasteiger partial charge < -0.3 is 4.90 Å². The van der Waals surface area contributed by atoms with Gasteiger partial charge in [0.25, 0.3) is 0 Å². The van der Waals surface area contributed by atoms with Gasteiger partial charge in [-0.1, -0.05) is 36.4 Å². The van der Waals surface area contributed by atoms with Crippen LogP contribution in [-0.2, 0) is 0 Å². The Morgan fingerprint density at radius 1 is 0.909 bits per heavy atom. The van der Waals surface area contributed by atoms with Gasteiger partial charge in [-0.3, -0.25) is 0 Å². The van der Waals surface area contributed by atoms with Crippen LogP contribution in [0.1, 0.15) is 16.8 Å². The molecule has 0 aliphatic heterocycles. The molecule has 0 fully saturated rings. The molecule has 0 saturated carbocycles. The summed E-state index contributed by atoms with van der Waals surface area (Å²) in [6, 6.07) is 18.9. The minimum absolute atomic E-state index is 0.993. The SMILES string of the molecule is Cc1cc(/C=C/c2ccc(N(C)C)cc2)nc2ccccc12. The molecule has 0 aliphatic carbocycles. The summed E-state index contributed by atoms with van der Waals surface area (Å²) in [5.41, 5.74) is 5.68. The molecule has 2 heteroatoms. The van der Waals surface area contributed by atoms with E-state index in [9.17, 15) is 0 Å². The number of hydrogen-bond donors (Lipinski definition) is 0. The molecule has 1 heterocycles. The monoisotopic (exact) mass is 288 g/mol. The van der Waals surface area contributed by atoms with Gasteiger partial charge in [0.1, 0.15) is 0 Å². The van der Waals surface area contributed by atoms with Crippen LogP contribution in [0, 0.1) is 6.92 Å². The predicted octanol–water partition coefficient (Wildman–Crippen LogP) is 4.78. The fourth-order valence-corrected chi connectivity index (χ4v) is 2.53. The van der Waals surface area contributed by atoms with E-state index in [1.807, 2.05) is 20.2 Å². The van der Waals surface area contributed by atoms with Crippen molar-refractivity contribution in [1.82, 2.24) is 4.98 Å². The van der Waals surface area contributed by atoms with Crippen molar-refractivity contribution in [3.63, 3.8) is 0 Å². The molecule has 0 amide bonds. The van der Waals surface area contributed by atoms with Crippen LogP contribution in [0.2, 0.25) is 0 Å². The summed E-state index contributed by atoms with van der Waals surface area (Å²) in [6.07, 6.45) is 4.18. The van der Waals surface area contributed by atoms with Gasteiger partial charge in [0.15, 0.2) is 0 Å². The average Bonchev–Trinajstić information content (AvgIpc) is 2.53. The first kappa shape index (κ1) is 14.3. The number of fused-ring (bicyclic) bond motifs is 1. The number of pyridine rings is 1. The highest BCUT2D eigenvalue weighted by molar-refractivity contribution is 5.84. The van der Waals surface area contributed by atoms with E-state index < -0.39 is 0 Å². The smallest absolute Gasteiger partial charge is 0.0711 e. The van der Waals surface area contributed by atoms with Crippen LogP contribution in [0.15, 0.2) is 54.6 Å². The van der Waals surface area contributed by atoms with E-state index in [-0.39, 0.29) is 0 Å². The standard InChI is InChI=1S/C20H20N2/c1-15-14-17(21-20-7-5-4-6-19(15)20)11-8-16-9-12-18(13-10-16)22(2)3/h4-14H,1-3H3/b11-8+. The summed E-state index contributed by atoms with van der Waals surface area (Å²) in [5, 5.41) is 1.22. The molecule has 110 valence electrons. The van der Waals surface area contributed by atoms with E-state index >= 15 is 0 Å². The fraction of sp³-hybridized carbons (Fsp3) is 0.150. The third-order valence-electron chi connectivity index (χ3n) is 3.80. The molecular weight excluding hydrogens is 268 g/mol. The van der Waals surface area contributed by atoms with Crippen molar-refractivity contribution in [2.45, 2.75) is 6.92 Å². The number of hydrogen-bond acceptors (Lipinski definition) is 2. The maximum atomic E-state index is 4.70. The van der Waals surface area contributed by atoms with E-state index in [4.69, 9.17) is 4.98 Å². The number of aromatic nitrogens is 1. The van der Waals surface area contributed by atoms with Gasteiger partial charge in [-0.25, -0.2) is 4.98 Å². The van der Waals surface area contributed by atoms with Crippen molar-refractivity contribution < 1.29 is 0 Å². The molecular formula is C20H20N2. The average molecular weight is 288 g/mol. The molecule has 0 spiro atoms. The van der Waals surface area contributed by atoms with E-state index in [0.717, 1.165) is 11.2 Å². The lowest BCUT2D eigenvalue weighted by molar-refractivity contribution is 1.13. The lowest BCUT2D eigenvalue weighted by Crippen LogP contribution is -2.07.